The van der Waals surface area contributed by atoms with Crippen LogP contribution in [-0.2, 0) is 6.42 Å². The molecular formula is C16H20ClN3O. The van der Waals surface area contributed by atoms with Gasteiger partial charge in [0.25, 0.3) is 0 Å². The second kappa shape index (κ2) is 5.78. The van der Waals surface area contributed by atoms with Crippen LogP contribution in [-0.4, -0.2) is 15.7 Å². The number of aromatic nitrogens is 2. The third kappa shape index (κ3) is 3.27. The van der Waals surface area contributed by atoms with E-state index in [0.29, 0.717) is 18.1 Å². The van der Waals surface area contributed by atoms with Crippen LogP contribution in [0.2, 0.25) is 5.02 Å². The Morgan fingerprint density at radius 3 is 2.81 bits per heavy atom. The Morgan fingerprint density at radius 2 is 2.10 bits per heavy atom. The highest BCUT2D eigenvalue weighted by Gasteiger charge is 2.37. The molecule has 21 heavy (non-hydrogen) atoms. The normalized spacial score (nSPS) is 26.0. The smallest absolute Gasteiger partial charge is 0.231 e. The van der Waals surface area contributed by atoms with Gasteiger partial charge in [0.2, 0.25) is 5.89 Å². The Kier molecular flexibility index (Phi) is 4.00. The Balaban J connectivity index is 1.75. The fourth-order valence-corrected chi connectivity index (χ4v) is 3.16. The minimum Gasteiger partial charge on any atom is -0.339 e. The van der Waals surface area contributed by atoms with Crippen LogP contribution in [0.5, 0.6) is 0 Å². The monoisotopic (exact) mass is 305 g/mol. The minimum atomic E-state index is -0.248. The lowest BCUT2D eigenvalue weighted by atomic mass is 9.74. The highest BCUT2D eigenvalue weighted by molar-refractivity contribution is 6.30. The van der Waals surface area contributed by atoms with Crippen LogP contribution >= 0.6 is 11.6 Å². The first kappa shape index (κ1) is 14.5. The summed E-state index contributed by atoms with van der Waals surface area (Å²) in [6, 6.07) is 7.70. The van der Waals surface area contributed by atoms with Gasteiger partial charge in [-0.25, -0.2) is 0 Å². The van der Waals surface area contributed by atoms with Crippen LogP contribution in [0.3, 0.4) is 0 Å². The highest BCUT2D eigenvalue weighted by Crippen LogP contribution is 2.38. The van der Waals surface area contributed by atoms with Crippen molar-refractivity contribution >= 4 is 11.6 Å². The third-order valence-corrected chi connectivity index (χ3v) is 4.56. The number of nitrogens with two attached hydrogens (primary N) is 1. The summed E-state index contributed by atoms with van der Waals surface area (Å²) in [5.74, 6) is 1.55. The van der Waals surface area contributed by atoms with Gasteiger partial charge < -0.3 is 10.3 Å². The van der Waals surface area contributed by atoms with Crippen molar-refractivity contribution in [3.63, 3.8) is 0 Å². The van der Waals surface area contributed by atoms with Gasteiger partial charge in [0.1, 0.15) is 0 Å². The summed E-state index contributed by atoms with van der Waals surface area (Å²) in [5.41, 5.74) is 7.26. The summed E-state index contributed by atoms with van der Waals surface area (Å²) in [4.78, 5) is 4.56. The van der Waals surface area contributed by atoms with Gasteiger partial charge in [-0.05, 0) is 37.5 Å². The van der Waals surface area contributed by atoms with E-state index in [1.54, 1.807) is 0 Å². The molecule has 5 heteroatoms. The van der Waals surface area contributed by atoms with E-state index in [1.807, 2.05) is 24.3 Å². The molecule has 2 N–H and O–H groups in total. The summed E-state index contributed by atoms with van der Waals surface area (Å²) >= 11 is 5.89. The molecule has 3 rings (SSSR count). The van der Waals surface area contributed by atoms with Gasteiger partial charge in [-0.15, -0.1) is 0 Å². The topological polar surface area (TPSA) is 64.9 Å². The van der Waals surface area contributed by atoms with Gasteiger partial charge in [-0.3, -0.25) is 0 Å². The van der Waals surface area contributed by atoms with Crippen molar-refractivity contribution < 1.29 is 4.52 Å². The lowest BCUT2D eigenvalue weighted by Gasteiger charge is -2.35. The molecule has 1 aromatic carbocycles. The van der Waals surface area contributed by atoms with Crippen LogP contribution in [0, 0.1) is 0 Å². The Bertz CT molecular complexity index is 606. The zero-order valence-corrected chi connectivity index (χ0v) is 12.9. The minimum absolute atomic E-state index is 0.165. The van der Waals surface area contributed by atoms with Crippen LogP contribution < -0.4 is 5.73 Å². The van der Waals surface area contributed by atoms with Gasteiger partial charge >= 0.3 is 0 Å². The number of hydrogen-bond donors (Lipinski definition) is 1. The molecule has 112 valence electrons. The first-order valence-electron chi connectivity index (χ1n) is 7.40. The second-order valence-electron chi connectivity index (χ2n) is 6.16. The van der Waals surface area contributed by atoms with E-state index in [4.69, 9.17) is 21.9 Å². The number of rotatable bonds is 3. The molecule has 2 atom stereocenters. The third-order valence-electron chi connectivity index (χ3n) is 4.31. The fourth-order valence-electron chi connectivity index (χ4n) is 3.03. The molecule has 2 aromatic rings. The average molecular weight is 306 g/mol. The summed E-state index contributed by atoms with van der Waals surface area (Å²) in [6.45, 7) is 2.08. The van der Waals surface area contributed by atoms with E-state index in [0.717, 1.165) is 23.4 Å². The van der Waals surface area contributed by atoms with Crippen molar-refractivity contribution in [2.24, 2.45) is 5.73 Å². The average Bonchev–Trinajstić information content (AvgIpc) is 2.89. The van der Waals surface area contributed by atoms with Crippen LogP contribution in [0.1, 0.15) is 55.8 Å². The van der Waals surface area contributed by atoms with Crippen LogP contribution in [0.25, 0.3) is 0 Å². The molecule has 0 saturated heterocycles. The quantitative estimate of drug-likeness (QED) is 0.939. The molecule has 4 nitrogen and oxygen atoms in total. The van der Waals surface area contributed by atoms with Crippen molar-refractivity contribution in [3.8, 4) is 0 Å². The van der Waals surface area contributed by atoms with Gasteiger partial charge in [0.05, 0.1) is 5.92 Å². The maximum absolute atomic E-state index is 6.39. The lowest BCUT2D eigenvalue weighted by molar-refractivity contribution is 0.223. The maximum Gasteiger partial charge on any atom is 0.231 e. The van der Waals surface area contributed by atoms with Gasteiger partial charge in [-0.1, -0.05) is 41.7 Å². The SMILES string of the molecule is CC1(N)CCCCC1c1nc(Cc2ccc(Cl)cc2)no1. The molecule has 0 amide bonds. The Labute approximate surface area is 129 Å². The van der Waals surface area contributed by atoms with E-state index < -0.39 is 0 Å². The molecule has 0 radical (unpaired) electrons. The predicted octanol–water partition coefficient (Wildman–Crippen LogP) is 3.69. The molecule has 2 unspecified atom stereocenters. The van der Waals surface area contributed by atoms with E-state index in [9.17, 15) is 0 Å². The molecule has 1 aliphatic carbocycles. The Hall–Kier alpha value is -1.39. The van der Waals surface area contributed by atoms with Crippen LogP contribution in [0.4, 0.5) is 0 Å². The zero-order valence-electron chi connectivity index (χ0n) is 12.2. The fraction of sp³-hybridized carbons (Fsp3) is 0.500. The van der Waals surface area contributed by atoms with Gasteiger partial charge in [0, 0.05) is 17.0 Å². The summed E-state index contributed by atoms with van der Waals surface area (Å²) < 4.78 is 5.47. The zero-order chi connectivity index (χ0) is 14.9. The summed E-state index contributed by atoms with van der Waals surface area (Å²) in [6.07, 6.45) is 5.03. The molecule has 0 spiro atoms. The molecule has 1 saturated carbocycles. The number of halogens is 1. The van der Waals surface area contributed by atoms with Crippen molar-refractivity contribution in [2.75, 3.05) is 0 Å². The molecule has 0 aliphatic heterocycles. The van der Waals surface area contributed by atoms with Crippen molar-refractivity contribution in [2.45, 2.75) is 50.5 Å². The largest absolute Gasteiger partial charge is 0.339 e. The van der Waals surface area contributed by atoms with E-state index in [-0.39, 0.29) is 11.5 Å². The van der Waals surface area contributed by atoms with Crippen molar-refractivity contribution in [1.82, 2.24) is 10.1 Å². The lowest BCUT2D eigenvalue weighted by Crippen LogP contribution is -2.44. The molecular weight excluding hydrogens is 286 g/mol. The number of nitrogens with zero attached hydrogens (tertiary/aromatic N) is 2. The predicted molar refractivity (Wildman–Crippen MR) is 82.4 cm³/mol. The maximum atomic E-state index is 6.39. The molecule has 1 fully saturated rings. The number of hydrogen-bond acceptors (Lipinski definition) is 4. The van der Waals surface area contributed by atoms with Crippen molar-refractivity contribution in [1.29, 1.82) is 0 Å². The van der Waals surface area contributed by atoms with Gasteiger partial charge in [-0.2, -0.15) is 4.98 Å². The van der Waals surface area contributed by atoms with Crippen LogP contribution in [0.15, 0.2) is 28.8 Å². The standard InChI is InChI=1S/C16H20ClN3O/c1-16(18)9-3-2-4-13(16)15-19-14(20-21-15)10-11-5-7-12(17)8-6-11/h5-8,13H,2-4,9-10,18H2,1H3. The van der Waals surface area contributed by atoms with E-state index in [1.165, 1.54) is 12.8 Å². The molecule has 1 heterocycles. The van der Waals surface area contributed by atoms with E-state index >= 15 is 0 Å². The molecule has 1 aliphatic rings. The molecule has 1 aromatic heterocycles. The first-order valence-corrected chi connectivity index (χ1v) is 7.78. The first-order chi connectivity index (χ1) is 10.0. The molecule has 0 bridgehead atoms. The van der Waals surface area contributed by atoms with Crippen molar-refractivity contribution in [3.05, 3.63) is 46.6 Å². The Morgan fingerprint density at radius 1 is 1.33 bits per heavy atom. The van der Waals surface area contributed by atoms with Gasteiger partial charge in [0.15, 0.2) is 5.82 Å². The number of benzene rings is 1. The summed E-state index contributed by atoms with van der Waals surface area (Å²) in [5, 5.41) is 4.83. The highest BCUT2D eigenvalue weighted by atomic mass is 35.5. The summed E-state index contributed by atoms with van der Waals surface area (Å²) in [7, 11) is 0. The van der Waals surface area contributed by atoms with E-state index in [2.05, 4.69) is 17.1 Å². The second-order valence-corrected chi connectivity index (χ2v) is 6.59.